The van der Waals surface area contributed by atoms with Gasteiger partial charge in [-0.15, -0.1) is 0 Å². The molecule has 1 fully saturated rings. The number of ether oxygens (including phenoxy) is 1. The van der Waals surface area contributed by atoms with Crippen LogP contribution in [0.2, 0.25) is 0 Å². The average Bonchev–Trinajstić information content (AvgIpc) is 3.08. The number of alkyl halides is 2. The van der Waals surface area contributed by atoms with Gasteiger partial charge in [0, 0.05) is 32.7 Å². The number of thiazole rings is 1. The minimum atomic E-state index is -2.78. The highest BCUT2D eigenvalue weighted by atomic mass is 32.1. The molecule has 0 aliphatic carbocycles. The van der Waals surface area contributed by atoms with Crippen LogP contribution in [0.1, 0.15) is 5.56 Å². The predicted octanol–water partition coefficient (Wildman–Crippen LogP) is 4.22. The van der Waals surface area contributed by atoms with Crippen LogP contribution in [0.3, 0.4) is 0 Å². The van der Waals surface area contributed by atoms with E-state index in [-0.39, 0.29) is 5.75 Å². The molecule has 0 radical (unpaired) electrons. The van der Waals surface area contributed by atoms with Gasteiger partial charge in [-0.1, -0.05) is 35.6 Å². The van der Waals surface area contributed by atoms with Gasteiger partial charge in [-0.2, -0.15) is 8.78 Å². The molecule has 2 aromatic carbocycles. The quantitative estimate of drug-likeness (QED) is 0.668. The van der Waals surface area contributed by atoms with Gasteiger partial charge in [0.25, 0.3) is 0 Å². The number of anilines is 1. The highest BCUT2D eigenvalue weighted by Crippen LogP contribution is 2.29. The number of piperazine rings is 1. The molecule has 1 aliphatic rings. The molecule has 0 atom stereocenters. The molecule has 26 heavy (non-hydrogen) atoms. The molecule has 1 aliphatic heterocycles. The summed E-state index contributed by atoms with van der Waals surface area (Å²) in [5, 5.41) is 1.08. The molecular formula is C19H19F2N3OS. The fourth-order valence-electron chi connectivity index (χ4n) is 3.13. The maximum atomic E-state index is 12.2. The zero-order valence-corrected chi connectivity index (χ0v) is 15.0. The fourth-order valence-corrected chi connectivity index (χ4v) is 4.14. The van der Waals surface area contributed by atoms with Crippen LogP contribution in [-0.2, 0) is 6.54 Å². The first-order chi connectivity index (χ1) is 12.7. The van der Waals surface area contributed by atoms with Crippen molar-refractivity contribution < 1.29 is 13.5 Å². The van der Waals surface area contributed by atoms with Crippen LogP contribution in [0.5, 0.6) is 5.75 Å². The van der Waals surface area contributed by atoms with E-state index in [1.54, 1.807) is 23.5 Å². The van der Waals surface area contributed by atoms with E-state index in [1.165, 1.54) is 4.70 Å². The number of hydrogen-bond donors (Lipinski definition) is 0. The van der Waals surface area contributed by atoms with Crippen LogP contribution in [-0.4, -0.2) is 42.7 Å². The number of rotatable bonds is 5. The molecule has 4 nitrogen and oxygen atoms in total. The molecule has 1 saturated heterocycles. The Morgan fingerprint density at radius 1 is 1.00 bits per heavy atom. The second-order valence-corrected chi connectivity index (χ2v) is 7.26. The summed E-state index contributed by atoms with van der Waals surface area (Å²) >= 11 is 1.74. The maximum absolute atomic E-state index is 12.2. The average molecular weight is 375 g/mol. The van der Waals surface area contributed by atoms with Crippen LogP contribution in [0.25, 0.3) is 10.2 Å². The van der Waals surface area contributed by atoms with Crippen molar-refractivity contribution in [3.8, 4) is 5.75 Å². The zero-order valence-electron chi connectivity index (χ0n) is 14.1. The Morgan fingerprint density at radius 3 is 2.42 bits per heavy atom. The smallest absolute Gasteiger partial charge is 0.387 e. The van der Waals surface area contributed by atoms with E-state index < -0.39 is 6.61 Å². The highest BCUT2D eigenvalue weighted by molar-refractivity contribution is 7.22. The van der Waals surface area contributed by atoms with E-state index in [1.807, 2.05) is 30.3 Å². The van der Waals surface area contributed by atoms with Crippen molar-refractivity contribution in [1.29, 1.82) is 0 Å². The van der Waals surface area contributed by atoms with Crippen molar-refractivity contribution in [2.45, 2.75) is 13.2 Å². The largest absolute Gasteiger partial charge is 0.435 e. The first kappa shape index (κ1) is 17.2. The monoisotopic (exact) mass is 375 g/mol. The van der Waals surface area contributed by atoms with Crippen LogP contribution in [0.15, 0.2) is 48.5 Å². The van der Waals surface area contributed by atoms with Gasteiger partial charge in [0.1, 0.15) is 5.75 Å². The first-order valence-corrected chi connectivity index (χ1v) is 9.36. The minimum Gasteiger partial charge on any atom is -0.435 e. The lowest BCUT2D eigenvalue weighted by Gasteiger charge is -2.34. The Hall–Kier alpha value is -2.25. The van der Waals surface area contributed by atoms with Crippen LogP contribution >= 0.6 is 11.3 Å². The lowest BCUT2D eigenvalue weighted by atomic mass is 10.2. The molecule has 7 heteroatoms. The molecule has 2 heterocycles. The molecule has 0 saturated carbocycles. The molecule has 3 aromatic rings. The molecule has 0 spiro atoms. The number of para-hydroxylation sites is 1. The van der Waals surface area contributed by atoms with E-state index in [0.717, 1.165) is 48.9 Å². The standard InChI is InChI=1S/C19H19F2N3OS/c20-18(21)25-15-7-5-14(6-8-15)13-23-9-11-24(12-10-23)19-22-16-3-1-2-4-17(16)26-19/h1-8,18H,9-13H2. The number of hydrogen-bond acceptors (Lipinski definition) is 5. The third-order valence-electron chi connectivity index (χ3n) is 4.48. The van der Waals surface area contributed by atoms with Gasteiger partial charge in [-0.05, 0) is 29.8 Å². The first-order valence-electron chi connectivity index (χ1n) is 8.54. The third kappa shape index (κ3) is 3.94. The molecule has 0 amide bonds. The summed E-state index contributed by atoms with van der Waals surface area (Å²) in [5.41, 5.74) is 2.15. The number of halogens is 2. The predicted molar refractivity (Wildman–Crippen MR) is 100 cm³/mol. The van der Waals surface area contributed by atoms with Gasteiger partial charge in [-0.25, -0.2) is 4.98 Å². The fraction of sp³-hybridized carbons (Fsp3) is 0.316. The highest BCUT2D eigenvalue weighted by Gasteiger charge is 2.20. The van der Waals surface area contributed by atoms with Crippen LogP contribution in [0, 0.1) is 0 Å². The lowest BCUT2D eigenvalue weighted by Crippen LogP contribution is -2.45. The Balaban J connectivity index is 1.33. The molecule has 0 N–H and O–H groups in total. The number of aromatic nitrogens is 1. The number of benzene rings is 2. The van der Waals surface area contributed by atoms with E-state index >= 15 is 0 Å². The normalized spacial score (nSPS) is 15.7. The molecule has 1 aromatic heterocycles. The Bertz CT molecular complexity index is 828. The lowest BCUT2D eigenvalue weighted by molar-refractivity contribution is -0.0498. The van der Waals surface area contributed by atoms with E-state index in [4.69, 9.17) is 4.98 Å². The van der Waals surface area contributed by atoms with Gasteiger partial charge in [0.2, 0.25) is 0 Å². The van der Waals surface area contributed by atoms with E-state index in [0.29, 0.717) is 0 Å². The molecular weight excluding hydrogens is 356 g/mol. The van der Waals surface area contributed by atoms with Gasteiger partial charge in [-0.3, -0.25) is 4.90 Å². The maximum Gasteiger partial charge on any atom is 0.387 e. The second kappa shape index (κ2) is 7.55. The summed E-state index contributed by atoms with van der Waals surface area (Å²) in [7, 11) is 0. The zero-order chi connectivity index (χ0) is 17.9. The van der Waals surface area contributed by atoms with Crippen molar-refractivity contribution in [1.82, 2.24) is 9.88 Å². The Morgan fingerprint density at radius 2 is 1.73 bits per heavy atom. The second-order valence-electron chi connectivity index (χ2n) is 6.25. The van der Waals surface area contributed by atoms with Crippen molar-refractivity contribution >= 4 is 26.7 Å². The summed E-state index contributed by atoms with van der Waals surface area (Å²) in [5.74, 6) is 0.199. The van der Waals surface area contributed by atoms with Gasteiger partial charge < -0.3 is 9.64 Å². The molecule has 4 rings (SSSR count). The van der Waals surface area contributed by atoms with Crippen LogP contribution < -0.4 is 9.64 Å². The topological polar surface area (TPSA) is 28.6 Å². The van der Waals surface area contributed by atoms with Crippen molar-refractivity contribution in [3.63, 3.8) is 0 Å². The van der Waals surface area contributed by atoms with Gasteiger partial charge >= 0.3 is 6.61 Å². The number of nitrogens with zero attached hydrogens (tertiary/aromatic N) is 3. The van der Waals surface area contributed by atoms with Crippen molar-refractivity contribution in [2.75, 3.05) is 31.1 Å². The third-order valence-corrected chi connectivity index (χ3v) is 5.58. The summed E-state index contributed by atoms with van der Waals surface area (Å²) in [6.07, 6.45) is 0. The van der Waals surface area contributed by atoms with Gasteiger partial charge in [0.05, 0.1) is 10.2 Å². The Labute approximate surface area is 154 Å². The van der Waals surface area contributed by atoms with Crippen LogP contribution in [0.4, 0.5) is 13.9 Å². The summed E-state index contributed by atoms with van der Waals surface area (Å²) < 4.78 is 30.0. The van der Waals surface area contributed by atoms with E-state index in [2.05, 4.69) is 20.6 Å². The summed E-state index contributed by atoms with van der Waals surface area (Å²) in [6.45, 7) is 1.80. The van der Waals surface area contributed by atoms with Crippen molar-refractivity contribution in [3.05, 3.63) is 54.1 Å². The summed E-state index contributed by atoms with van der Waals surface area (Å²) in [4.78, 5) is 9.43. The minimum absolute atomic E-state index is 0.199. The summed E-state index contributed by atoms with van der Waals surface area (Å²) in [6, 6.07) is 15.1. The SMILES string of the molecule is FC(F)Oc1ccc(CN2CCN(c3nc4ccccc4s3)CC2)cc1. The van der Waals surface area contributed by atoms with E-state index in [9.17, 15) is 8.78 Å². The molecule has 0 bridgehead atoms. The Kier molecular flexibility index (Phi) is 4.99. The molecule has 0 unspecified atom stereocenters. The van der Waals surface area contributed by atoms with Gasteiger partial charge in [0.15, 0.2) is 5.13 Å². The number of fused-ring (bicyclic) bond motifs is 1. The van der Waals surface area contributed by atoms with Crippen molar-refractivity contribution in [2.24, 2.45) is 0 Å². The molecule has 136 valence electrons.